The molecule has 158 valence electrons. The second kappa shape index (κ2) is 12.0. The number of amides is 2. The van der Waals surface area contributed by atoms with E-state index in [0.29, 0.717) is 44.5 Å². The van der Waals surface area contributed by atoms with Gasteiger partial charge in [-0.3, -0.25) is 9.59 Å². The van der Waals surface area contributed by atoms with Gasteiger partial charge in [0.1, 0.15) is 27.9 Å². The first-order valence-electron chi connectivity index (χ1n) is 8.53. The van der Waals surface area contributed by atoms with E-state index in [9.17, 15) is 14.4 Å². The number of ether oxygens (including phenoxy) is 4. The van der Waals surface area contributed by atoms with Crippen LogP contribution in [0.15, 0.2) is 33.2 Å². The minimum absolute atomic E-state index is 0.191. The first kappa shape index (κ1) is 23.5. The molecule has 0 saturated heterocycles. The molecule has 29 heavy (non-hydrogen) atoms. The smallest absolute Gasteiger partial charge is 0.329 e. The zero-order valence-corrected chi connectivity index (χ0v) is 18.4. The molecule has 2 rings (SSSR count). The summed E-state index contributed by atoms with van der Waals surface area (Å²) in [5.41, 5.74) is 0.444. The summed E-state index contributed by atoms with van der Waals surface area (Å²) < 4.78 is 21.3. The van der Waals surface area contributed by atoms with Crippen LogP contribution in [0.3, 0.4) is 0 Å². The number of halogens is 2. The zero-order valence-electron chi connectivity index (χ0n) is 15.3. The van der Waals surface area contributed by atoms with Crippen molar-refractivity contribution >= 4 is 55.3 Å². The fourth-order valence-corrected chi connectivity index (χ4v) is 2.91. The second-order valence-electron chi connectivity index (χ2n) is 5.59. The van der Waals surface area contributed by atoms with Crippen LogP contribution in [0.1, 0.15) is 0 Å². The van der Waals surface area contributed by atoms with E-state index in [0.717, 1.165) is 4.90 Å². The number of aliphatic carboxylic acids is 1. The molecule has 0 spiro atoms. The first-order chi connectivity index (χ1) is 13.9. The molecular weight excluding hydrogens is 518 g/mol. The number of hydrogen-bond donors (Lipinski definition) is 1. The molecule has 0 radical (unpaired) electrons. The molecule has 0 fully saturated rings. The highest BCUT2D eigenvalue weighted by Crippen LogP contribution is 2.33. The lowest BCUT2D eigenvalue weighted by atomic mass is 10.3. The van der Waals surface area contributed by atoms with Crippen molar-refractivity contribution in [1.29, 1.82) is 0 Å². The Hall–Kier alpha value is -1.79. The lowest BCUT2D eigenvalue weighted by Crippen LogP contribution is -2.30. The van der Waals surface area contributed by atoms with E-state index < -0.39 is 17.8 Å². The van der Waals surface area contributed by atoms with Gasteiger partial charge in [-0.2, -0.15) is 0 Å². The first-order valence-corrected chi connectivity index (χ1v) is 10.1. The Labute approximate surface area is 183 Å². The van der Waals surface area contributed by atoms with E-state index >= 15 is 0 Å². The number of carboxylic acid groups (broad SMARTS) is 1. The molecule has 11 heteroatoms. The number of carbonyl (C=O) groups excluding carboxylic acids is 2. The Bertz CT molecular complexity index is 742. The van der Waals surface area contributed by atoms with Crippen LogP contribution in [0, 0.1) is 0 Å². The van der Waals surface area contributed by atoms with E-state index in [1.165, 1.54) is 0 Å². The number of carboxylic acids is 1. The normalized spacial score (nSPS) is 14.1. The summed E-state index contributed by atoms with van der Waals surface area (Å²) in [5, 5.41) is 8.39. The van der Waals surface area contributed by atoms with Gasteiger partial charge in [0, 0.05) is 0 Å². The third-order valence-electron chi connectivity index (χ3n) is 3.54. The number of rotatable bonds is 13. The maximum Gasteiger partial charge on any atom is 0.329 e. The van der Waals surface area contributed by atoms with Crippen LogP contribution in [0.5, 0.6) is 5.75 Å². The van der Waals surface area contributed by atoms with Crippen molar-refractivity contribution in [3.8, 4) is 5.75 Å². The highest BCUT2D eigenvalue weighted by atomic mass is 79.9. The van der Waals surface area contributed by atoms with E-state index in [1.807, 2.05) is 0 Å². The Balaban J connectivity index is 1.59. The van der Waals surface area contributed by atoms with Crippen LogP contribution in [0.25, 0.3) is 0 Å². The van der Waals surface area contributed by atoms with Crippen LogP contribution < -0.4 is 9.64 Å². The molecule has 9 nitrogen and oxygen atoms in total. The molecule has 1 N–H and O–H groups in total. The predicted octanol–water partition coefficient (Wildman–Crippen LogP) is 2.07. The lowest BCUT2D eigenvalue weighted by Gasteiger charge is -2.15. The van der Waals surface area contributed by atoms with E-state index in [1.54, 1.807) is 24.3 Å². The summed E-state index contributed by atoms with van der Waals surface area (Å²) in [6, 6.07) is 6.57. The van der Waals surface area contributed by atoms with Crippen LogP contribution in [0.4, 0.5) is 5.69 Å². The molecule has 1 aliphatic rings. The highest BCUT2D eigenvalue weighted by molar-refractivity contribution is 9.14. The third kappa shape index (κ3) is 7.19. The van der Waals surface area contributed by atoms with Crippen LogP contribution in [0.2, 0.25) is 0 Å². The number of anilines is 1. The summed E-state index contributed by atoms with van der Waals surface area (Å²) in [7, 11) is 0. The van der Waals surface area contributed by atoms with Crippen LogP contribution >= 0.6 is 31.9 Å². The van der Waals surface area contributed by atoms with Gasteiger partial charge in [0.2, 0.25) is 0 Å². The summed E-state index contributed by atoms with van der Waals surface area (Å²) in [5.74, 6) is -1.30. The van der Waals surface area contributed by atoms with Gasteiger partial charge in [-0.05, 0) is 56.1 Å². The minimum atomic E-state index is -1.01. The van der Waals surface area contributed by atoms with Crippen LogP contribution in [-0.2, 0) is 28.6 Å². The quantitative estimate of drug-likeness (QED) is 0.301. The minimum Gasteiger partial charge on any atom is -0.491 e. The van der Waals surface area contributed by atoms with Crippen molar-refractivity contribution in [3.63, 3.8) is 0 Å². The van der Waals surface area contributed by atoms with E-state index in [-0.39, 0.29) is 22.2 Å². The number of nitrogens with zero attached hydrogens (tertiary/aromatic N) is 1. The number of imide groups is 1. The third-order valence-corrected chi connectivity index (χ3v) is 5.54. The summed E-state index contributed by atoms with van der Waals surface area (Å²) >= 11 is 6.18. The standard InChI is InChI=1S/C18H19Br2NO8/c19-15-16(20)18(25)21(17(15)24)12-1-3-13(4-2-12)29-10-9-27-6-5-26-7-8-28-11-14(22)23/h1-4H,5-11H2,(H,22,23). The van der Waals surface area contributed by atoms with Crippen molar-refractivity contribution in [2.75, 3.05) is 51.1 Å². The molecule has 0 saturated carbocycles. The molecule has 1 aromatic carbocycles. The molecule has 2 amide bonds. The number of benzene rings is 1. The molecule has 0 bridgehead atoms. The van der Waals surface area contributed by atoms with E-state index in [4.69, 9.17) is 24.1 Å². The van der Waals surface area contributed by atoms with Crippen molar-refractivity contribution in [2.24, 2.45) is 0 Å². The maximum atomic E-state index is 12.1. The number of hydrogen-bond acceptors (Lipinski definition) is 7. The SMILES string of the molecule is O=C(O)COCCOCCOCCOc1ccc(N2C(=O)C(Br)=C(Br)C2=O)cc1. The molecule has 1 heterocycles. The number of carbonyl (C=O) groups is 3. The predicted molar refractivity (Wildman–Crippen MR) is 109 cm³/mol. The molecule has 1 aromatic rings. The van der Waals surface area contributed by atoms with Gasteiger partial charge in [0.15, 0.2) is 0 Å². The van der Waals surface area contributed by atoms with Gasteiger partial charge in [0.25, 0.3) is 11.8 Å². The fourth-order valence-electron chi connectivity index (χ4n) is 2.22. The Kier molecular flexibility index (Phi) is 9.74. The van der Waals surface area contributed by atoms with Gasteiger partial charge >= 0.3 is 5.97 Å². The summed E-state index contributed by atoms with van der Waals surface area (Å²) in [4.78, 5) is 35.5. The molecule has 0 atom stereocenters. The largest absolute Gasteiger partial charge is 0.491 e. The fraction of sp³-hybridized carbons (Fsp3) is 0.389. The zero-order chi connectivity index (χ0) is 21.2. The Morgan fingerprint density at radius 2 is 1.31 bits per heavy atom. The molecule has 0 aliphatic carbocycles. The average Bonchev–Trinajstić information content (AvgIpc) is 2.89. The van der Waals surface area contributed by atoms with Crippen molar-refractivity contribution in [3.05, 3.63) is 33.2 Å². The van der Waals surface area contributed by atoms with Gasteiger partial charge in [-0.15, -0.1) is 0 Å². The van der Waals surface area contributed by atoms with Crippen molar-refractivity contribution < 1.29 is 38.4 Å². The topological polar surface area (TPSA) is 112 Å². The molecular formula is C18H19Br2NO8. The van der Waals surface area contributed by atoms with Gasteiger partial charge < -0.3 is 24.1 Å². The second-order valence-corrected chi connectivity index (χ2v) is 7.17. The molecule has 0 unspecified atom stereocenters. The van der Waals surface area contributed by atoms with Crippen molar-refractivity contribution in [1.82, 2.24) is 0 Å². The lowest BCUT2D eigenvalue weighted by molar-refractivity contribution is -0.142. The monoisotopic (exact) mass is 535 g/mol. The van der Waals surface area contributed by atoms with E-state index in [2.05, 4.69) is 31.9 Å². The van der Waals surface area contributed by atoms with Crippen LogP contribution in [-0.4, -0.2) is 69.1 Å². The Morgan fingerprint density at radius 1 is 0.828 bits per heavy atom. The average molecular weight is 537 g/mol. The highest BCUT2D eigenvalue weighted by Gasteiger charge is 2.36. The van der Waals surface area contributed by atoms with Gasteiger partial charge in [-0.25, -0.2) is 9.69 Å². The summed E-state index contributed by atoms with van der Waals surface area (Å²) in [6.07, 6.45) is 0. The van der Waals surface area contributed by atoms with Gasteiger partial charge in [0.05, 0.1) is 38.7 Å². The van der Waals surface area contributed by atoms with Gasteiger partial charge in [-0.1, -0.05) is 0 Å². The maximum absolute atomic E-state index is 12.1. The summed E-state index contributed by atoms with van der Waals surface area (Å²) in [6.45, 7) is 1.58. The Morgan fingerprint density at radius 3 is 1.83 bits per heavy atom. The molecule has 1 aliphatic heterocycles. The van der Waals surface area contributed by atoms with Crippen molar-refractivity contribution in [2.45, 2.75) is 0 Å². The molecule has 0 aromatic heterocycles.